The number of hydrogen-bond donors (Lipinski definition) is 1. The molecule has 1 unspecified atom stereocenters. The van der Waals surface area contributed by atoms with Gasteiger partial charge >= 0.3 is 0 Å². The van der Waals surface area contributed by atoms with Crippen molar-refractivity contribution in [1.82, 2.24) is 24.7 Å². The van der Waals surface area contributed by atoms with Gasteiger partial charge in [-0.05, 0) is 68.7 Å². The molecule has 0 fully saturated rings. The first kappa shape index (κ1) is 21.4. The van der Waals surface area contributed by atoms with Crippen LogP contribution < -0.4 is 10.1 Å². The van der Waals surface area contributed by atoms with Gasteiger partial charge in [0.15, 0.2) is 5.82 Å². The van der Waals surface area contributed by atoms with E-state index in [-0.39, 0.29) is 11.9 Å². The summed E-state index contributed by atoms with van der Waals surface area (Å²) >= 11 is 0. The largest absolute Gasteiger partial charge is 0.479 e. The quantitative estimate of drug-likeness (QED) is 0.462. The van der Waals surface area contributed by atoms with E-state index in [1.165, 1.54) is 12.1 Å². The second-order valence-corrected chi connectivity index (χ2v) is 7.78. The third-order valence-electron chi connectivity index (χ3n) is 5.11. The van der Waals surface area contributed by atoms with Gasteiger partial charge in [0.25, 0.3) is 0 Å². The summed E-state index contributed by atoms with van der Waals surface area (Å²) in [5.41, 5.74) is 5.05. The molecular weight excluding hydrogens is 407 g/mol. The second-order valence-electron chi connectivity index (χ2n) is 7.78. The van der Waals surface area contributed by atoms with Crippen molar-refractivity contribution in [1.29, 1.82) is 0 Å². The number of hydrogen-bond acceptors (Lipinski definition) is 6. The zero-order valence-electron chi connectivity index (χ0n) is 18.5. The van der Waals surface area contributed by atoms with Crippen molar-refractivity contribution in [3.63, 3.8) is 0 Å². The molecule has 0 spiro atoms. The topological polar surface area (TPSA) is 77.8 Å². The third kappa shape index (κ3) is 4.74. The van der Waals surface area contributed by atoms with Gasteiger partial charge in [-0.15, -0.1) is 10.2 Å². The standard InChI is InChI=1S/C24H25FN6O/c1-15-11-21(20-9-10-22(24(28-20)32-4)31-13-17(3)26-14-31)29-30-23(15)27-16(2)12-18-5-7-19(25)8-6-18/h5-11,13-14,16H,12H2,1-4H3,(H,27,30). The lowest BCUT2D eigenvalue weighted by atomic mass is 10.1. The van der Waals surface area contributed by atoms with Crippen LogP contribution in [0.5, 0.6) is 5.88 Å². The van der Waals surface area contributed by atoms with E-state index >= 15 is 0 Å². The Balaban J connectivity index is 1.52. The number of rotatable bonds is 7. The summed E-state index contributed by atoms with van der Waals surface area (Å²) in [5.74, 6) is 0.959. The lowest BCUT2D eigenvalue weighted by molar-refractivity contribution is 0.396. The Hall–Kier alpha value is -3.81. The number of benzene rings is 1. The lowest BCUT2D eigenvalue weighted by Crippen LogP contribution is -2.20. The predicted molar refractivity (Wildman–Crippen MR) is 122 cm³/mol. The van der Waals surface area contributed by atoms with Crippen LogP contribution in [0.4, 0.5) is 10.2 Å². The maximum absolute atomic E-state index is 13.1. The summed E-state index contributed by atoms with van der Waals surface area (Å²) in [5, 5.41) is 12.1. The van der Waals surface area contributed by atoms with Crippen molar-refractivity contribution >= 4 is 5.82 Å². The van der Waals surface area contributed by atoms with E-state index in [2.05, 4.69) is 32.4 Å². The van der Waals surface area contributed by atoms with Crippen LogP contribution in [0.1, 0.15) is 23.7 Å². The van der Waals surface area contributed by atoms with Gasteiger partial charge in [0.2, 0.25) is 5.88 Å². The zero-order valence-corrected chi connectivity index (χ0v) is 18.5. The molecule has 8 heteroatoms. The number of nitrogens with one attached hydrogen (secondary N) is 1. The minimum Gasteiger partial charge on any atom is -0.479 e. The second kappa shape index (κ2) is 9.13. The number of pyridine rings is 1. The van der Waals surface area contributed by atoms with Crippen molar-refractivity contribution in [2.24, 2.45) is 0 Å². The molecule has 1 N–H and O–H groups in total. The number of nitrogens with zero attached hydrogens (tertiary/aromatic N) is 5. The molecule has 1 atom stereocenters. The van der Waals surface area contributed by atoms with Gasteiger partial charge in [-0.25, -0.2) is 14.4 Å². The van der Waals surface area contributed by atoms with Crippen molar-refractivity contribution in [3.05, 3.63) is 77.6 Å². The summed E-state index contributed by atoms with van der Waals surface area (Å²) in [4.78, 5) is 8.88. The van der Waals surface area contributed by atoms with Crippen LogP contribution >= 0.6 is 0 Å². The number of aryl methyl sites for hydroxylation is 2. The van der Waals surface area contributed by atoms with Gasteiger partial charge < -0.3 is 14.6 Å². The SMILES string of the molecule is COc1nc(-c2cc(C)c(NC(C)Cc3ccc(F)cc3)nn2)ccc1-n1cnc(C)c1. The van der Waals surface area contributed by atoms with E-state index in [1.54, 1.807) is 25.6 Å². The summed E-state index contributed by atoms with van der Waals surface area (Å²) in [6.07, 6.45) is 4.39. The minimum atomic E-state index is -0.231. The molecule has 4 aromatic rings. The fourth-order valence-electron chi connectivity index (χ4n) is 3.49. The van der Waals surface area contributed by atoms with Crippen molar-refractivity contribution in [2.75, 3.05) is 12.4 Å². The van der Waals surface area contributed by atoms with Crippen LogP contribution in [0.25, 0.3) is 17.1 Å². The van der Waals surface area contributed by atoms with Gasteiger partial charge in [0, 0.05) is 12.2 Å². The third-order valence-corrected chi connectivity index (χ3v) is 5.11. The molecule has 7 nitrogen and oxygen atoms in total. The van der Waals surface area contributed by atoms with Gasteiger partial charge in [0.05, 0.1) is 24.8 Å². The summed E-state index contributed by atoms with van der Waals surface area (Å²) in [6.45, 7) is 5.96. The van der Waals surface area contributed by atoms with Crippen LogP contribution in [0.3, 0.4) is 0 Å². The van der Waals surface area contributed by atoms with Crippen molar-refractivity contribution < 1.29 is 9.13 Å². The molecule has 1 aromatic carbocycles. The van der Waals surface area contributed by atoms with Gasteiger partial charge in [-0.2, -0.15) is 0 Å². The molecule has 32 heavy (non-hydrogen) atoms. The van der Waals surface area contributed by atoms with E-state index < -0.39 is 0 Å². The fourth-order valence-corrected chi connectivity index (χ4v) is 3.49. The number of halogens is 1. The summed E-state index contributed by atoms with van der Waals surface area (Å²) in [6, 6.07) is 12.4. The Labute approximate surface area is 186 Å². The molecule has 4 rings (SSSR count). The molecule has 0 aliphatic carbocycles. The average Bonchev–Trinajstić information content (AvgIpc) is 3.22. The zero-order chi connectivity index (χ0) is 22.7. The van der Waals surface area contributed by atoms with E-state index in [1.807, 2.05) is 42.8 Å². The monoisotopic (exact) mass is 432 g/mol. The Bertz CT molecular complexity index is 1220. The number of ether oxygens (including phenoxy) is 1. The first-order chi connectivity index (χ1) is 15.4. The molecule has 0 saturated carbocycles. The Morgan fingerprint density at radius 1 is 1.06 bits per heavy atom. The first-order valence-corrected chi connectivity index (χ1v) is 10.3. The highest BCUT2D eigenvalue weighted by atomic mass is 19.1. The van der Waals surface area contributed by atoms with Crippen molar-refractivity contribution in [3.8, 4) is 23.0 Å². The molecule has 0 aliphatic heterocycles. The number of anilines is 1. The molecule has 0 radical (unpaired) electrons. The maximum atomic E-state index is 13.1. The van der Waals surface area contributed by atoms with Crippen LogP contribution in [-0.4, -0.2) is 37.9 Å². The van der Waals surface area contributed by atoms with Crippen LogP contribution in [0.2, 0.25) is 0 Å². The van der Waals surface area contributed by atoms with E-state index in [9.17, 15) is 4.39 Å². The van der Waals surface area contributed by atoms with Gasteiger partial charge in [-0.3, -0.25) is 0 Å². The molecule has 0 saturated heterocycles. The van der Waals surface area contributed by atoms with Gasteiger partial charge in [0.1, 0.15) is 17.2 Å². The fraction of sp³-hybridized carbons (Fsp3) is 0.250. The number of imidazole rings is 1. The molecule has 3 heterocycles. The highest BCUT2D eigenvalue weighted by Gasteiger charge is 2.14. The highest BCUT2D eigenvalue weighted by Crippen LogP contribution is 2.26. The predicted octanol–water partition coefficient (Wildman–Crippen LogP) is 4.53. The average molecular weight is 433 g/mol. The smallest absolute Gasteiger partial charge is 0.238 e. The Kier molecular flexibility index (Phi) is 6.11. The van der Waals surface area contributed by atoms with Crippen LogP contribution in [0.15, 0.2) is 55.0 Å². The first-order valence-electron chi connectivity index (χ1n) is 10.3. The normalized spacial score (nSPS) is 11.9. The Morgan fingerprint density at radius 2 is 1.84 bits per heavy atom. The van der Waals surface area contributed by atoms with Gasteiger partial charge in [-0.1, -0.05) is 12.1 Å². The van der Waals surface area contributed by atoms with Crippen molar-refractivity contribution in [2.45, 2.75) is 33.2 Å². The van der Waals surface area contributed by atoms with Crippen LogP contribution in [0, 0.1) is 19.7 Å². The van der Waals surface area contributed by atoms with E-state index in [0.29, 0.717) is 23.1 Å². The number of methoxy groups -OCH3 is 1. The molecule has 164 valence electrons. The molecule has 0 amide bonds. The Morgan fingerprint density at radius 3 is 2.50 bits per heavy atom. The molecular formula is C24H25FN6O. The maximum Gasteiger partial charge on any atom is 0.238 e. The molecule has 0 bridgehead atoms. The van der Waals surface area contributed by atoms with E-state index in [4.69, 9.17) is 4.74 Å². The van der Waals surface area contributed by atoms with E-state index in [0.717, 1.165) is 28.9 Å². The summed E-state index contributed by atoms with van der Waals surface area (Å²) < 4.78 is 20.5. The molecule has 3 aromatic heterocycles. The summed E-state index contributed by atoms with van der Waals surface area (Å²) in [7, 11) is 1.59. The minimum absolute atomic E-state index is 0.107. The lowest BCUT2D eigenvalue weighted by Gasteiger charge is -2.16. The van der Waals surface area contributed by atoms with Crippen LogP contribution in [-0.2, 0) is 6.42 Å². The molecule has 0 aliphatic rings. The number of aromatic nitrogens is 5. The highest BCUT2D eigenvalue weighted by molar-refractivity contribution is 5.61.